The number of hydrogen-bond acceptors (Lipinski definition) is 5. The number of aromatic nitrogens is 2. The zero-order valence-corrected chi connectivity index (χ0v) is 15.6. The molecule has 0 saturated carbocycles. The fraction of sp³-hybridized carbons (Fsp3) is 0.222. The van der Waals surface area contributed by atoms with Crippen molar-refractivity contribution in [3.8, 4) is 11.5 Å². The van der Waals surface area contributed by atoms with Crippen molar-refractivity contribution in [3.05, 3.63) is 42.0 Å². The number of halogens is 2. The number of rotatable bonds is 6. The maximum absolute atomic E-state index is 13.3. The van der Waals surface area contributed by atoms with Crippen molar-refractivity contribution in [1.29, 1.82) is 0 Å². The highest BCUT2D eigenvalue weighted by Gasteiger charge is 2.19. The third kappa shape index (κ3) is 4.13. The number of imidazole rings is 1. The molecular formula is C18H17F2N3O3S. The van der Waals surface area contributed by atoms with Crippen molar-refractivity contribution in [2.75, 3.05) is 19.5 Å². The number of ether oxygens (including phenoxy) is 2. The second kappa shape index (κ2) is 7.83. The van der Waals surface area contributed by atoms with E-state index < -0.39 is 16.9 Å². The van der Waals surface area contributed by atoms with Crippen LogP contribution >= 0.6 is 11.8 Å². The van der Waals surface area contributed by atoms with Crippen molar-refractivity contribution in [2.45, 2.75) is 17.3 Å². The number of aromatic amines is 1. The predicted octanol–water partition coefficient (Wildman–Crippen LogP) is 3.98. The van der Waals surface area contributed by atoms with Crippen LogP contribution in [-0.2, 0) is 4.79 Å². The molecule has 27 heavy (non-hydrogen) atoms. The minimum absolute atomic E-state index is 0.288. The van der Waals surface area contributed by atoms with Crippen LogP contribution in [0.15, 0.2) is 35.5 Å². The van der Waals surface area contributed by atoms with Crippen molar-refractivity contribution < 1.29 is 23.0 Å². The van der Waals surface area contributed by atoms with Gasteiger partial charge in [-0.25, -0.2) is 13.8 Å². The number of fused-ring (bicyclic) bond motifs is 1. The van der Waals surface area contributed by atoms with E-state index >= 15 is 0 Å². The topological polar surface area (TPSA) is 76.2 Å². The Hall–Kier alpha value is -2.81. The van der Waals surface area contributed by atoms with Gasteiger partial charge in [0.15, 0.2) is 16.8 Å². The van der Waals surface area contributed by atoms with Crippen LogP contribution in [0.25, 0.3) is 11.0 Å². The van der Waals surface area contributed by atoms with Gasteiger partial charge in [-0.15, -0.1) is 0 Å². The fourth-order valence-electron chi connectivity index (χ4n) is 2.40. The zero-order valence-electron chi connectivity index (χ0n) is 14.8. The Morgan fingerprint density at radius 2 is 1.93 bits per heavy atom. The molecule has 0 aliphatic carbocycles. The number of methoxy groups -OCH3 is 2. The number of hydrogen-bond donors (Lipinski definition) is 2. The third-order valence-electron chi connectivity index (χ3n) is 3.82. The number of nitrogens with one attached hydrogen (secondary N) is 2. The number of amides is 1. The van der Waals surface area contributed by atoms with Crippen LogP contribution in [-0.4, -0.2) is 35.3 Å². The van der Waals surface area contributed by atoms with Crippen LogP contribution in [0.3, 0.4) is 0 Å². The molecule has 1 amide bonds. The lowest BCUT2D eigenvalue weighted by Crippen LogP contribution is -2.22. The van der Waals surface area contributed by atoms with Gasteiger partial charge in [-0.2, -0.15) is 0 Å². The number of H-pyrrole nitrogens is 1. The summed E-state index contributed by atoms with van der Waals surface area (Å²) < 4.78 is 37.0. The summed E-state index contributed by atoms with van der Waals surface area (Å²) in [5.74, 6) is -1.15. The first-order chi connectivity index (χ1) is 12.9. The van der Waals surface area contributed by atoms with E-state index in [1.807, 2.05) is 0 Å². The van der Waals surface area contributed by atoms with Crippen LogP contribution < -0.4 is 14.8 Å². The highest BCUT2D eigenvalue weighted by molar-refractivity contribution is 8.00. The van der Waals surface area contributed by atoms with Crippen LogP contribution in [0.1, 0.15) is 6.92 Å². The normalized spacial score (nSPS) is 12.0. The molecule has 2 aromatic carbocycles. The molecule has 0 bridgehead atoms. The number of carbonyl (C=O) groups excluding carboxylic acids is 1. The molecule has 1 atom stereocenters. The summed E-state index contributed by atoms with van der Waals surface area (Å²) >= 11 is 1.14. The Kier molecular flexibility index (Phi) is 5.50. The quantitative estimate of drug-likeness (QED) is 0.620. The van der Waals surface area contributed by atoms with E-state index in [1.165, 1.54) is 14.2 Å². The molecule has 142 valence electrons. The molecule has 6 nitrogen and oxygen atoms in total. The predicted molar refractivity (Wildman–Crippen MR) is 99.5 cm³/mol. The van der Waals surface area contributed by atoms with Gasteiger partial charge in [0, 0.05) is 18.2 Å². The Morgan fingerprint density at radius 3 is 2.63 bits per heavy atom. The average Bonchev–Trinajstić information content (AvgIpc) is 3.02. The molecule has 1 aromatic heterocycles. The molecule has 0 aliphatic heterocycles. The van der Waals surface area contributed by atoms with E-state index in [0.29, 0.717) is 33.4 Å². The van der Waals surface area contributed by atoms with Crippen LogP contribution in [0, 0.1) is 11.6 Å². The van der Waals surface area contributed by atoms with Crippen molar-refractivity contribution in [2.24, 2.45) is 0 Å². The minimum atomic E-state index is -0.971. The van der Waals surface area contributed by atoms with Crippen LogP contribution in [0.2, 0.25) is 0 Å². The van der Waals surface area contributed by atoms with E-state index in [2.05, 4.69) is 15.3 Å². The van der Waals surface area contributed by atoms with Gasteiger partial charge in [0.05, 0.1) is 36.2 Å². The molecule has 1 heterocycles. The maximum Gasteiger partial charge on any atom is 0.237 e. The van der Waals surface area contributed by atoms with E-state index in [1.54, 1.807) is 25.1 Å². The fourth-order valence-corrected chi connectivity index (χ4v) is 3.23. The van der Waals surface area contributed by atoms with Gasteiger partial charge in [-0.3, -0.25) is 4.79 Å². The smallest absolute Gasteiger partial charge is 0.237 e. The van der Waals surface area contributed by atoms with Crippen molar-refractivity contribution in [1.82, 2.24) is 9.97 Å². The van der Waals surface area contributed by atoms with Gasteiger partial charge in [-0.1, -0.05) is 11.8 Å². The molecule has 3 rings (SSSR count). The van der Waals surface area contributed by atoms with Gasteiger partial charge in [0.1, 0.15) is 11.5 Å². The zero-order chi connectivity index (χ0) is 19.6. The van der Waals surface area contributed by atoms with E-state index in [-0.39, 0.29) is 5.91 Å². The molecule has 0 spiro atoms. The standard InChI is InChI=1S/C18H17F2N3O3S/c1-9(17(24)21-15-6-10(25-2)4-5-16(15)26-3)27-18-22-13-7-11(19)12(20)8-14(13)23-18/h4-9H,1-3H3,(H,21,24)(H,22,23). The summed E-state index contributed by atoms with van der Waals surface area (Å²) in [6, 6.07) is 7.11. The molecule has 3 aromatic rings. The Bertz CT molecular complexity index is 954. The van der Waals surface area contributed by atoms with E-state index in [9.17, 15) is 13.6 Å². The lowest BCUT2D eigenvalue weighted by molar-refractivity contribution is -0.115. The van der Waals surface area contributed by atoms with E-state index in [4.69, 9.17) is 9.47 Å². The number of benzene rings is 2. The molecule has 1 unspecified atom stereocenters. The molecule has 2 N–H and O–H groups in total. The second-order valence-electron chi connectivity index (χ2n) is 5.64. The summed E-state index contributed by atoms with van der Waals surface area (Å²) in [4.78, 5) is 19.6. The van der Waals surface area contributed by atoms with Crippen LogP contribution in [0.5, 0.6) is 11.5 Å². The first-order valence-electron chi connectivity index (χ1n) is 7.95. The van der Waals surface area contributed by atoms with Crippen molar-refractivity contribution >= 4 is 34.4 Å². The first-order valence-corrected chi connectivity index (χ1v) is 8.83. The van der Waals surface area contributed by atoms with E-state index in [0.717, 1.165) is 23.9 Å². The highest BCUT2D eigenvalue weighted by atomic mass is 32.2. The monoisotopic (exact) mass is 393 g/mol. The van der Waals surface area contributed by atoms with Gasteiger partial charge < -0.3 is 19.8 Å². The molecule has 0 saturated heterocycles. The van der Waals surface area contributed by atoms with Gasteiger partial charge in [0.25, 0.3) is 0 Å². The summed E-state index contributed by atoms with van der Waals surface area (Å²) in [5, 5.41) is 2.63. The minimum Gasteiger partial charge on any atom is -0.497 e. The molecule has 9 heteroatoms. The largest absolute Gasteiger partial charge is 0.497 e. The number of nitrogens with zero attached hydrogens (tertiary/aromatic N) is 1. The Balaban J connectivity index is 1.74. The SMILES string of the molecule is COc1ccc(OC)c(NC(=O)C(C)Sc2nc3cc(F)c(F)cc3[nH]2)c1. The van der Waals surface area contributed by atoms with Gasteiger partial charge >= 0.3 is 0 Å². The van der Waals surface area contributed by atoms with Gasteiger partial charge in [0.2, 0.25) is 5.91 Å². The Morgan fingerprint density at radius 1 is 1.19 bits per heavy atom. The summed E-state index contributed by atoms with van der Waals surface area (Å²) in [7, 11) is 3.03. The van der Waals surface area contributed by atoms with Crippen molar-refractivity contribution in [3.63, 3.8) is 0 Å². The van der Waals surface area contributed by atoms with Gasteiger partial charge in [-0.05, 0) is 19.1 Å². The lowest BCUT2D eigenvalue weighted by atomic mass is 10.2. The summed E-state index contributed by atoms with van der Waals surface area (Å²) in [6.07, 6.45) is 0. The molecule has 0 radical (unpaired) electrons. The third-order valence-corrected chi connectivity index (χ3v) is 4.81. The number of anilines is 1. The second-order valence-corrected chi connectivity index (χ2v) is 6.97. The molecule has 0 fully saturated rings. The number of carbonyl (C=O) groups is 1. The number of thioether (sulfide) groups is 1. The molecular weight excluding hydrogens is 376 g/mol. The van der Waals surface area contributed by atoms with Crippen LogP contribution in [0.4, 0.5) is 14.5 Å². The summed E-state index contributed by atoms with van der Waals surface area (Å²) in [5.41, 5.74) is 1.12. The molecule has 0 aliphatic rings. The summed E-state index contributed by atoms with van der Waals surface area (Å²) in [6.45, 7) is 1.70. The Labute approximate surface area is 158 Å². The highest BCUT2D eigenvalue weighted by Crippen LogP contribution is 2.30. The first kappa shape index (κ1) is 19.0. The average molecular weight is 393 g/mol. The maximum atomic E-state index is 13.3. The lowest BCUT2D eigenvalue weighted by Gasteiger charge is -2.14.